The van der Waals surface area contributed by atoms with Crippen LogP contribution in [0.2, 0.25) is 0 Å². The summed E-state index contributed by atoms with van der Waals surface area (Å²) in [6, 6.07) is 0.639. The highest BCUT2D eigenvalue weighted by molar-refractivity contribution is 5.85. The first kappa shape index (κ1) is 23.9. The standard InChI is InChI=1S/C17H33N3O2.2ClH/c1-15-14-20(12-13-22-15)16-7-10-19(11-8-16)17(21)6-4-2-3-5-9-18;;/h15-16H,2-14,18H2,1H3;2*1H. The molecule has 0 aromatic heterocycles. The minimum absolute atomic E-state index is 0. The van der Waals surface area contributed by atoms with Gasteiger partial charge in [0.05, 0.1) is 12.7 Å². The van der Waals surface area contributed by atoms with Crippen molar-refractivity contribution >= 4 is 30.7 Å². The molecule has 2 saturated heterocycles. The fraction of sp³-hybridized carbons (Fsp3) is 0.941. The minimum Gasteiger partial charge on any atom is -0.376 e. The van der Waals surface area contributed by atoms with Crippen molar-refractivity contribution in [2.45, 2.75) is 64.0 Å². The number of amides is 1. The van der Waals surface area contributed by atoms with Gasteiger partial charge in [-0.3, -0.25) is 9.69 Å². The van der Waals surface area contributed by atoms with Crippen LogP contribution < -0.4 is 5.73 Å². The molecule has 1 amide bonds. The zero-order valence-corrected chi connectivity index (χ0v) is 16.6. The molecule has 0 aromatic carbocycles. The highest BCUT2D eigenvalue weighted by Gasteiger charge is 2.29. The molecule has 2 aliphatic heterocycles. The number of nitrogens with two attached hydrogens (primary N) is 1. The Kier molecular flexibility index (Phi) is 13.1. The summed E-state index contributed by atoms with van der Waals surface area (Å²) in [5.41, 5.74) is 5.48. The summed E-state index contributed by atoms with van der Waals surface area (Å²) in [6.45, 7) is 7.71. The van der Waals surface area contributed by atoms with E-state index in [1.165, 1.54) is 0 Å². The van der Waals surface area contributed by atoms with E-state index in [4.69, 9.17) is 10.5 Å². The third kappa shape index (κ3) is 7.87. The van der Waals surface area contributed by atoms with Crippen LogP contribution in [0.25, 0.3) is 0 Å². The van der Waals surface area contributed by atoms with Crippen molar-refractivity contribution in [3.05, 3.63) is 0 Å². The van der Waals surface area contributed by atoms with E-state index in [2.05, 4.69) is 16.7 Å². The second-order valence-electron chi connectivity index (χ2n) is 6.74. The van der Waals surface area contributed by atoms with E-state index in [-0.39, 0.29) is 24.8 Å². The predicted molar refractivity (Wildman–Crippen MR) is 103 cm³/mol. The van der Waals surface area contributed by atoms with Crippen LogP contribution in [0.1, 0.15) is 51.9 Å². The van der Waals surface area contributed by atoms with Crippen molar-refractivity contribution in [1.82, 2.24) is 9.80 Å². The summed E-state index contributed by atoms with van der Waals surface area (Å²) >= 11 is 0. The SMILES string of the molecule is CC1CN(C2CCN(C(=O)CCCCCCN)CC2)CCO1.Cl.Cl. The van der Waals surface area contributed by atoms with E-state index < -0.39 is 0 Å². The van der Waals surface area contributed by atoms with E-state index in [1.54, 1.807) is 0 Å². The van der Waals surface area contributed by atoms with Crippen molar-refractivity contribution in [2.75, 3.05) is 39.3 Å². The van der Waals surface area contributed by atoms with Gasteiger partial charge >= 0.3 is 0 Å². The van der Waals surface area contributed by atoms with Crippen LogP contribution in [-0.2, 0) is 9.53 Å². The lowest BCUT2D eigenvalue weighted by atomic mass is 10.0. The topological polar surface area (TPSA) is 58.8 Å². The first-order valence-electron chi connectivity index (χ1n) is 9.04. The first-order valence-corrected chi connectivity index (χ1v) is 9.04. The van der Waals surface area contributed by atoms with Gasteiger partial charge in [-0.1, -0.05) is 12.8 Å². The number of halogens is 2. The molecular formula is C17H35Cl2N3O2. The lowest BCUT2D eigenvalue weighted by Gasteiger charge is -2.41. The van der Waals surface area contributed by atoms with Gasteiger partial charge in [-0.2, -0.15) is 0 Å². The number of rotatable bonds is 7. The smallest absolute Gasteiger partial charge is 0.222 e. The molecule has 144 valence electrons. The van der Waals surface area contributed by atoms with Crippen molar-refractivity contribution in [3.8, 4) is 0 Å². The summed E-state index contributed by atoms with van der Waals surface area (Å²) in [5.74, 6) is 0.349. The lowest BCUT2D eigenvalue weighted by molar-refractivity contribution is -0.133. The van der Waals surface area contributed by atoms with Crippen LogP contribution in [-0.4, -0.2) is 67.2 Å². The summed E-state index contributed by atoms with van der Waals surface area (Å²) < 4.78 is 5.62. The van der Waals surface area contributed by atoms with Gasteiger partial charge in [0, 0.05) is 38.6 Å². The molecule has 0 aliphatic carbocycles. The molecule has 0 saturated carbocycles. The van der Waals surface area contributed by atoms with Gasteiger partial charge in [-0.05, 0) is 39.2 Å². The maximum absolute atomic E-state index is 12.2. The fourth-order valence-corrected chi connectivity index (χ4v) is 3.59. The molecule has 2 fully saturated rings. The van der Waals surface area contributed by atoms with Crippen LogP contribution in [0.4, 0.5) is 0 Å². The number of nitrogens with zero attached hydrogens (tertiary/aromatic N) is 2. The minimum atomic E-state index is 0. The third-order valence-electron chi connectivity index (χ3n) is 4.95. The van der Waals surface area contributed by atoms with Gasteiger partial charge < -0.3 is 15.4 Å². The number of carbonyl (C=O) groups excluding carboxylic acids is 1. The molecule has 0 aromatic rings. The van der Waals surface area contributed by atoms with Crippen LogP contribution >= 0.6 is 24.8 Å². The quantitative estimate of drug-likeness (QED) is 0.685. The molecule has 2 rings (SSSR count). The molecule has 5 nitrogen and oxygen atoms in total. The predicted octanol–water partition coefficient (Wildman–Crippen LogP) is 2.45. The molecule has 0 bridgehead atoms. The van der Waals surface area contributed by atoms with Crippen molar-refractivity contribution in [3.63, 3.8) is 0 Å². The summed E-state index contributed by atoms with van der Waals surface area (Å²) in [4.78, 5) is 16.9. The molecule has 2 heterocycles. The Labute approximate surface area is 159 Å². The molecule has 0 radical (unpaired) electrons. The van der Waals surface area contributed by atoms with Gasteiger partial charge in [-0.25, -0.2) is 0 Å². The maximum atomic E-state index is 12.2. The van der Waals surface area contributed by atoms with Crippen LogP contribution in [0, 0.1) is 0 Å². The van der Waals surface area contributed by atoms with Gasteiger partial charge in [0.15, 0.2) is 0 Å². The second-order valence-corrected chi connectivity index (χ2v) is 6.74. The number of piperidine rings is 1. The Morgan fingerprint density at radius 3 is 2.38 bits per heavy atom. The Morgan fingerprint density at radius 1 is 1.08 bits per heavy atom. The Bertz CT molecular complexity index is 340. The number of hydrogen-bond donors (Lipinski definition) is 1. The van der Waals surface area contributed by atoms with E-state index in [0.717, 1.165) is 77.9 Å². The lowest BCUT2D eigenvalue weighted by Crippen LogP contribution is -2.51. The van der Waals surface area contributed by atoms with Gasteiger partial charge in [0.2, 0.25) is 5.91 Å². The maximum Gasteiger partial charge on any atom is 0.222 e. The zero-order chi connectivity index (χ0) is 15.8. The van der Waals surface area contributed by atoms with Crippen molar-refractivity contribution < 1.29 is 9.53 Å². The largest absolute Gasteiger partial charge is 0.376 e. The van der Waals surface area contributed by atoms with Crippen LogP contribution in [0.15, 0.2) is 0 Å². The second kappa shape index (κ2) is 13.2. The number of ether oxygens (including phenoxy) is 1. The van der Waals surface area contributed by atoms with Crippen molar-refractivity contribution in [2.24, 2.45) is 5.73 Å². The normalized spacial score (nSPS) is 22.6. The average Bonchev–Trinajstić information content (AvgIpc) is 2.54. The molecule has 2 aliphatic rings. The first-order chi connectivity index (χ1) is 10.7. The van der Waals surface area contributed by atoms with Crippen LogP contribution in [0.5, 0.6) is 0 Å². The number of hydrogen-bond acceptors (Lipinski definition) is 4. The fourth-order valence-electron chi connectivity index (χ4n) is 3.59. The molecule has 7 heteroatoms. The Morgan fingerprint density at radius 2 is 1.75 bits per heavy atom. The molecule has 2 N–H and O–H groups in total. The highest BCUT2D eigenvalue weighted by Crippen LogP contribution is 2.20. The summed E-state index contributed by atoms with van der Waals surface area (Å²) in [7, 11) is 0. The molecule has 1 unspecified atom stereocenters. The summed E-state index contributed by atoms with van der Waals surface area (Å²) in [5, 5.41) is 0. The van der Waals surface area contributed by atoms with E-state index in [1.807, 2.05) is 0 Å². The monoisotopic (exact) mass is 383 g/mol. The number of carbonyl (C=O) groups is 1. The van der Waals surface area contributed by atoms with E-state index in [9.17, 15) is 4.79 Å². The third-order valence-corrected chi connectivity index (χ3v) is 4.95. The van der Waals surface area contributed by atoms with Gasteiger partial charge in [0.1, 0.15) is 0 Å². The Hall–Kier alpha value is -0.0700. The van der Waals surface area contributed by atoms with Gasteiger partial charge in [-0.15, -0.1) is 24.8 Å². The van der Waals surface area contributed by atoms with Crippen molar-refractivity contribution in [1.29, 1.82) is 0 Å². The number of unbranched alkanes of at least 4 members (excludes halogenated alkanes) is 3. The van der Waals surface area contributed by atoms with Crippen LogP contribution in [0.3, 0.4) is 0 Å². The molecular weight excluding hydrogens is 349 g/mol. The zero-order valence-electron chi connectivity index (χ0n) is 15.0. The molecule has 1 atom stereocenters. The average molecular weight is 384 g/mol. The molecule has 24 heavy (non-hydrogen) atoms. The highest BCUT2D eigenvalue weighted by atomic mass is 35.5. The van der Waals surface area contributed by atoms with Gasteiger partial charge in [0.25, 0.3) is 0 Å². The number of likely N-dealkylation sites (tertiary alicyclic amines) is 1. The summed E-state index contributed by atoms with van der Waals surface area (Å²) in [6.07, 6.45) is 7.67. The van der Waals surface area contributed by atoms with E-state index >= 15 is 0 Å². The Balaban J connectivity index is 0.00000264. The van der Waals surface area contributed by atoms with E-state index in [0.29, 0.717) is 24.5 Å². The molecule has 0 spiro atoms. The number of morpholine rings is 1.